The van der Waals surface area contributed by atoms with Crippen LogP contribution in [0.4, 0.5) is 0 Å². The molecule has 0 aromatic heterocycles. The molecule has 0 radical (unpaired) electrons. The molecule has 1 aromatic carbocycles. The highest BCUT2D eigenvalue weighted by molar-refractivity contribution is 5.75. The van der Waals surface area contributed by atoms with E-state index in [1.807, 2.05) is 31.2 Å². The fraction of sp³-hybridized carbons (Fsp3) is 0.417. The Balaban J connectivity index is 2.31. The van der Waals surface area contributed by atoms with Crippen molar-refractivity contribution in [1.82, 2.24) is 0 Å². The molecule has 0 aliphatic rings. The third-order valence-electron chi connectivity index (χ3n) is 2.02. The summed E-state index contributed by atoms with van der Waals surface area (Å²) in [7, 11) is 0. The molecule has 0 heterocycles. The van der Waals surface area contributed by atoms with Crippen LogP contribution in [0, 0.1) is 6.92 Å². The van der Waals surface area contributed by atoms with Crippen LogP contribution in [0.3, 0.4) is 0 Å². The number of aryl methyl sites for hydroxylation is 1. The van der Waals surface area contributed by atoms with E-state index in [2.05, 4.69) is 0 Å². The van der Waals surface area contributed by atoms with Crippen molar-refractivity contribution < 1.29 is 9.53 Å². The van der Waals surface area contributed by atoms with Gasteiger partial charge in [0.15, 0.2) is 0 Å². The van der Waals surface area contributed by atoms with Gasteiger partial charge in [0, 0.05) is 6.42 Å². The highest BCUT2D eigenvalue weighted by Gasteiger charge is 1.98. The second kappa shape index (κ2) is 5.43. The van der Waals surface area contributed by atoms with Crippen LogP contribution in [-0.4, -0.2) is 12.4 Å². The summed E-state index contributed by atoms with van der Waals surface area (Å²) in [6.07, 6.45) is 1.40. The lowest BCUT2D eigenvalue weighted by Gasteiger charge is -2.07. The number of rotatable bonds is 5. The van der Waals surface area contributed by atoms with Crippen LogP contribution in [0.2, 0.25) is 0 Å². The Morgan fingerprint density at radius 3 is 2.71 bits per heavy atom. The number of hydrogen-bond donors (Lipinski definition) is 0. The van der Waals surface area contributed by atoms with Gasteiger partial charge < -0.3 is 9.53 Å². The number of Topliss-reactive ketones (excluding diaryl/α,β-unsaturated/α-hetero) is 1. The van der Waals surface area contributed by atoms with Crippen molar-refractivity contribution in [2.45, 2.75) is 26.7 Å². The monoisotopic (exact) mass is 192 g/mol. The second-order valence-electron chi connectivity index (χ2n) is 3.42. The first-order valence-corrected chi connectivity index (χ1v) is 4.88. The maximum Gasteiger partial charge on any atom is 0.129 e. The van der Waals surface area contributed by atoms with E-state index in [0.717, 1.165) is 17.7 Å². The molecule has 0 spiro atoms. The van der Waals surface area contributed by atoms with Gasteiger partial charge in [-0.2, -0.15) is 0 Å². The van der Waals surface area contributed by atoms with Crippen LogP contribution in [0.15, 0.2) is 24.3 Å². The molecule has 0 saturated heterocycles. The molecular weight excluding hydrogens is 176 g/mol. The number of benzene rings is 1. The Kier molecular flexibility index (Phi) is 4.17. The van der Waals surface area contributed by atoms with Crippen molar-refractivity contribution in [3.05, 3.63) is 29.8 Å². The summed E-state index contributed by atoms with van der Waals surface area (Å²) in [4.78, 5) is 10.7. The van der Waals surface area contributed by atoms with Crippen LogP contribution >= 0.6 is 0 Å². The minimum Gasteiger partial charge on any atom is -0.493 e. The topological polar surface area (TPSA) is 26.3 Å². The average molecular weight is 192 g/mol. The van der Waals surface area contributed by atoms with E-state index >= 15 is 0 Å². The average Bonchev–Trinajstić information content (AvgIpc) is 2.15. The summed E-state index contributed by atoms with van der Waals surface area (Å²) < 4.78 is 5.53. The molecule has 1 aromatic rings. The summed E-state index contributed by atoms with van der Waals surface area (Å²) in [5.74, 6) is 1.13. The maximum atomic E-state index is 10.7. The number of para-hydroxylation sites is 1. The van der Waals surface area contributed by atoms with Gasteiger partial charge in [0.1, 0.15) is 11.5 Å². The second-order valence-corrected chi connectivity index (χ2v) is 3.42. The minimum atomic E-state index is 0.221. The predicted molar refractivity (Wildman–Crippen MR) is 56.6 cm³/mol. The highest BCUT2D eigenvalue weighted by atomic mass is 16.5. The van der Waals surface area contributed by atoms with E-state index in [-0.39, 0.29) is 5.78 Å². The van der Waals surface area contributed by atoms with E-state index in [1.54, 1.807) is 6.92 Å². The minimum absolute atomic E-state index is 0.221. The fourth-order valence-corrected chi connectivity index (χ4v) is 1.22. The molecule has 0 fully saturated rings. The van der Waals surface area contributed by atoms with Crippen LogP contribution < -0.4 is 4.74 Å². The Morgan fingerprint density at radius 2 is 2.07 bits per heavy atom. The van der Waals surface area contributed by atoms with E-state index in [9.17, 15) is 4.79 Å². The highest BCUT2D eigenvalue weighted by Crippen LogP contribution is 2.16. The Morgan fingerprint density at radius 1 is 1.36 bits per heavy atom. The molecule has 0 N–H and O–H groups in total. The molecule has 0 saturated carbocycles. The van der Waals surface area contributed by atoms with E-state index in [0.29, 0.717) is 13.0 Å². The summed E-state index contributed by atoms with van der Waals surface area (Å²) in [5, 5.41) is 0. The summed E-state index contributed by atoms with van der Waals surface area (Å²) >= 11 is 0. The zero-order chi connectivity index (χ0) is 10.4. The van der Waals surface area contributed by atoms with E-state index < -0.39 is 0 Å². The molecule has 0 amide bonds. The normalized spacial score (nSPS) is 9.86. The Bertz CT molecular complexity index is 305. The summed E-state index contributed by atoms with van der Waals surface area (Å²) in [6, 6.07) is 7.90. The first-order valence-electron chi connectivity index (χ1n) is 4.88. The molecular formula is C12H16O2. The zero-order valence-electron chi connectivity index (χ0n) is 8.75. The van der Waals surface area contributed by atoms with Gasteiger partial charge in [-0.05, 0) is 31.9 Å². The van der Waals surface area contributed by atoms with Crippen molar-refractivity contribution in [1.29, 1.82) is 0 Å². The summed E-state index contributed by atoms with van der Waals surface area (Å²) in [5.41, 5.74) is 1.13. The van der Waals surface area contributed by atoms with Gasteiger partial charge in [0.05, 0.1) is 6.61 Å². The van der Waals surface area contributed by atoms with Crippen LogP contribution in [0.1, 0.15) is 25.3 Å². The fourth-order valence-electron chi connectivity index (χ4n) is 1.22. The Labute approximate surface area is 84.9 Å². The predicted octanol–water partition coefficient (Wildman–Crippen LogP) is 2.74. The standard InChI is InChI=1S/C12H16O2/c1-10-6-3-4-8-12(10)14-9-5-7-11(2)13/h3-4,6,8H,5,7,9H2,1-2H3. The lowest BCUT2D eigenvalue weighted by atomic mass is 10.2. The smallest absolute Gasteiger partial charge is 0.129 e. The van der Waals surface area contributed by atoms with E-state index in [4.69, 9.17) is 4.74 Å². The molecule has 0 bridgehead atoms. The van der Waals surface area contributed by atoms with E-state index in [1.165, 1.54) is 0 Å². The van der Waals surface area contributed by atoms with Crippen molar-refractivity contribution in [3.63, 3.8) is 0 Å². The molecule has 0 aliphatic heterocycles. The molecule has 1 rings (SSSR count). The van der Waals surface area contributed by atoms with Gasteiger partial charge in [-0.3, -0.25) is 0 Å². The van der Waals surface area contributed by atoms with Crippen molar-refractivity contribution in [2.24, 2.45) is 0 Å². The quantitative estimate of drug-likeness (QED) is 0.670. The number of ketones is 1. The van der Waals surface area contributed by atoms with Crippen LogP contribution in [0.25, 0.3) is 0 Å². The van der Waals surface area contributed by atoms with Gasteiger partial charge in [-0.1, -0.05) is 18.2 Å². The van der Waals surface area contributed by atoms with Gasteiger partial charge in [-0.25, -0.2) is 0 Å². The number of ether oxygens (including phenoxy) is 1. The lowest BCUT2D eigenvalue weighted by Crippen LogP contribution is -2.01. The number of carbonyl (C=O) groups excluding carboxylic acids is 1. The Hall–Kier alpha value is -1.31. The SMILES string of the molecule is CC(=O)CCCOc1ccccc1C. The molecule has 0 aliphatic carbocycles. The molecule has 0 atom stereocenters. The van der Waals surface area contributed by atoms with Crippen LogP contribution in [-0.2, 0) is 4.79 Å². The zero-order valence-corrected chi connectivity index (χ0v) is 8.75. The van der Waals surface area contributed by atoms with Gasteiger partial charge in [-0.15, -0.1) is 0 Å². The first-order chi connectivity index (χ1) is 6.70. The van der Waals surface area contributed by atoms with Crippen LogP contribution in [0.5, 0.6) is 5.75 Å². The van der Waals surface area contributed by atoms with Crippen molar-refractivity contribution in [2.75, 3.05) is 6.61 Å². The number of carbonyl (C=O) groups is 1. The van der Waals surface area contributed by atoms with Gasteiger partial charge in [0.2, 0.25) is 0 Å². The van der Waals surface area contributed by atoms with Crippen molar-refractivity contribution >= 4 is 5.78 Å². The number of hydrogen-bond acceptors (Lipinski definition) is 2. The third-order valence-corrected chi connectivity index (χ3v) is 2.02. The molecule has 76 valence electrons. The van der Waals surface area contributed by atoms with Gasteiger partial charge >= 0.3 is 0 Å². The van der Waals surface area contributed by atoms with Crippen molar-refractivity contribution in [3.8, 4) is 5.75 Å². The first kappa shape index (κ1) is 10.8. The molecule has 0 unspecified atom stereocenters. The summed E-state index contributed by atoms with van der Waals surface area (Å²) in [6.45, 7) is 4.23. The lowest BCUT2D eigenvalue weighted by molar-refractivity contribution is -0.117. The molecule has 2 nitrogen and oxygen atoms in total. The molecule has 2 heteroatoms. The maximum absolute atomic E-state index is 10.7. The molecule has 14 heavy (non-hydrogen) atoms. The van der Waals surface area contributed by atoms with Gasteiger partial charge in [0.25, 0.3) is 0 Å². The third kappa shape index (κ3) is 3.60. The largest absolute Gasteiger partial charge is 0.493 e.